The topological polar surface area (TPSA) is 8.81 Å². The highest BCUT2D eigenvalue weighted by molar-refractivity contribution is 6.06. The molecule has 2 aromatic heterocycles. The lowest BCUT2D eigenvalue weighted by Crippen LogP contribution is -2.35. The summed E-state index contributed by atoms with van der Waals surface area (Å²) in [4.78, 5) is 0. The van der Waals surface area contributed by atoms with Crippen LogP contribution in [0.1, 0.15) is 24.8 Å². The number of aryl methyl sites for hydroxylation is 3. The first-order valence-electron chi connectivity index (χ1n) is 10.7. The van der Waals surface area contributed by atoms with Crippen molar-refractivity contribution in [2.75, 3.05) is 0 Å². The fourth-order valence-electron chi connectivity index (χ4n) is 4.62. The van der Waals surface area contributed by atoms with E-state index in [-0.39, 0.29) is 0 Å². The smallest absolute Gasteiger partial charge is 0.239 e. The number of hydrogen-bond acceptors (Lipinski definition) is 0. The van der Waals surface area contributed by atoms with Gasteiger partial charge in [-0.15, -0.1) is 0 Å². The molecule has 2 heterocycles. The number of pyridine rings is 1. The molecule has 29 heavy (non-hydrogen) atoms. The highest BCUT2D eigenvalue weighted by Crippen LogP contribution is 2.28. The van der Waals surface area contributed by atoms with E-state index in [1.165, 1.54) is 64.1 Å². The van der Waals surface area contributed by atoms with Crippen LogP contribution >= 0.6 is 0 Å². The highest BCUT2D eigenvalue weighted by atomic mass is 15.0. The third kappa shape index (κ3) is 3.29. The van der Waals surface area contributed by atoms with Gasteiger partial charge >= 0.3 is 0 Å². The fourth-order valence-corrected chi connectivity index (χ4v) is 4.62. The summed E-state index contributed by atoms with van der Waals surface area (Å²) in [7, 11) is 2.18. The normalized spacial score (nSPS) is 11.6. The molecule has 0 saturated heterocycles. The van der Waals surface area contributed by atoms with E-state index in [1.807, 2.05) is 0 Å². The monoisotopic (exact) mass is 379 g/mol. The Kier molecular flexibility index (Phi) is 4.77. The molecule has 0 saturated carbocycles. The largest absolute Gasteiger partial charge is 0.338 e. The van der Waals surface area contributed by atoms with Gasteiger partial charge in [0.25, 0.3) is 0 Å². The second kappa shape index (κ2) is 7.71. The van der Waals surface area contributed by atoms with Crippen molar-refractivity contribution < 1.29 is 4.57 Å². The Morgan fingerprint density at radius 3 is 2.38 bits per heavy atom. The zero-order valence-corrected chi connectivity index (χ0v) is 17.0. The summed E-state index contributed by atoms with van der Waals surface area (Å²) in [6.07, 6.45) is 4.86. The van der Waals surface area contributed by atoms with Crippen molar-refractivity contribution in [3.8, 4) is 0 Å². The first kappa shape index (κ1) is 17.9. The average Bonchev–Trinajstić information content (AvgIpc) is 3.06. The molecule has 0 bridgehead atoms. The van der Waals surface area contributed by atoms with Gasteiger partial charge in [0.2, 0.25) is 11.0 Å². The van der Waals surface area contributed by atoms with Crippen LogP contribution in [-0.4, -0.2) is 4.57 Å². The lowest BCUT2D eigenvalue weighted by molar-refractivity contribution is -0.645. The van der Waals surface area contributed by atoms with Crippen LogP contribution < -0.4 is 4.57 Å². The predicted octanol–water partition coefficient (Wildman–Crippen LogP) is 6.19. The van der Waals surface area contributed by atoms with Gasteiger partial charge in [-0.3, -0.25) is 0 Å². The van der Waals surface area contributed by atoms with Crippen molar-refractivity contribution in [3.05, 3.63) is 90.5 Å². The van der Waals surface area contributed by atoms with E-state index in [1.54, 1.807) is 0 Å². The molecule has 3 aromatic carbocycles. The van der Waals surface area contributed by atoms with Crippen LogP contribution in [0.2, 0.25) is 0 Å². The molecule has 0 spiro atoms. The van der Waals surface area contributed by atoms with Gasteiger partial charge in [0.15, 0.2) is 0 Å². The molecule has 0 N–H and O–H groups in total. The molecule has 0 amide bonds. The Morgan fingerprint density at radius 2 is 1.48 bits per heavy atom. The highest BCUT2D eigenvalue weighted by Gasteiger charge is 2.21. The number of nitrogens with zero attached hydrogens (tertiary/aromatic N) is 2. The van der Waals surface area contributed by atoms with E-state index < -0.39 is 0 Å². The molecule has 5 rings (SSSR count). The van der Waals surface area contributed by atoms with Crippen molar-refractivity contribution in [2.24, 2.45) is 7.05 Å². The van der Waals surface area contributed by atoms with Crippen molar-refractivity contribution in [1.82, 2.24) is 4.57 Å². The molecule has 0 fully saturated rings. The Bertz CT molecular complexity index is 1280. The maximum Gasteiger partial charge on any atom is 0.239 e. The van der Waals surface area contributed by atoms with E-state index in [0.29, 0.717) is 0 Å². The minimum atomic E-state index is 1.06. The Balaban J connectivity index is 1.48. The molecular weight excluding hydrogens is 352 g/mol. The average molecular weight is 380 g/mol. The van der Waals surface area contributed by atoms with E-state index in [2.05, 4.69) is 101 Å². The summed E-state index contributed by atoms with van der Waals surface area (Å²) < 4.78 is 4.89. The van der Waals surface area contributed by atoms with Gasteiger partial charge in [-0.2, -0.15) is 4.57 Å². The number of unbranched alkanes of at least 4 members (excludes halogenated alkanes) is 2. The van der Waals surface area contributed by atoms with Gasteiger partial charge in [-0.05, 0) is 49.1 Å². The SMILES string of the molecule is Cn1c2ccccc2c2c1cc1ccccc1[n+]2CCCCCc1ccccc1. The first-order valence-corrected chi connectivity index (χ1v) is 10.7. The van der Waals surface area contributed by atoms with Gasteiger partial charge in [0, 0.05) is 24.9 Å². The summed E-state index contributed by atoms with van der Waals surface area (Å²) >= 11 is 0. The molecule has 0 aliphatic rings. The third-order valence-corrected chi connectivity index (χ3v) is 6.10. The molecule has 2 nitrogen and oxygen atoms in total. The molecule has 0 atom stereocenters. The van der Waals surface area contributed by atoms with Crippen LogP contribution in [0.5, 0.6) is 0 Å². The van der Waals surface area contributed by atoms with Gasteiger partial charge < -0.3 is 4.57 Å². The lowest BCUT2D eigenvalue weighted by Gasteiger charge is -2.05. The summed E-state index contributed by atoms with van der Waals surface area (Å²) in [6.45, 7) is 1.06. The third-order valence-electron chi connectivity index (χ3n) is 6.10. The summed E-state index contributed by atoms with van der Waals surface area (Å²) in [5, 5.41) is 2.66. The van der Waals surface area contributed by atoms with E-state index in [4.69, 9.17) is 0 Å². The maximum absolute atomic E-state index is 2.55. The van der Waals surface area contributed by atoms with E-state index >= 15 is 0 Å². The van der Waals surface area contributed by atoms with Crippen LogP contribution in [0.15, 0.2) is 84.9 Å². The van der Waals surface area contributed by atoms with Gasteiger partial charge in [0.1, 0.15) is 12.1 Å². The second-order valence-electron chi connectivity index (χ2n) is 7.96. The summed E-state index contributed by atoms with van der Waals surface area (Å²) in [5.41, 5.74) is 6.76. The fraction of sp³-hybridized carbons (Fsp3) is 0.222. The zero-order valence-electron chi connectivity index (χ0n) is 17.0. The Hall–Kier alpha value is -3.13. The number of rotatable bonds is 6. The number of hydrogen-bond donors (Lipinski definition) is 0. The summed E-state index contributed by atoms with van der Waals surface area (Å²) in [6, 6.07) is 30.8. The van der Waals surface area contributed by atoms with Gasteiger partial charge in [-0.25, -0.2) is 0 Å². The molecule has 0 radical (unpaired) electrons. The molecule has 0 aliphatic carbocycles. The second-order valence-corrected chi connectivity index (χ2v) is 7.96. The molecular formula is C27H27N2+. The Morgan fingerprint density at radius 1 is 0.724 bits per heavy atom. The molecule has 0 unspecified atom stereocenters. The molecule has 0 aliphatic heterocycles. The van der Waals surface area contributed by atoms with Crippen molar-refractivity contribution in [3.63, 3.8) is 0 Å². The predicted molar refractivity (Wildman–Crippen MR) is 122 cm³/mol. The number of para-hydroxylation sites is 2. The number of fused-ring (bicyclic) bond motifs is 4. The van der Waals surface area contributed by atoms with Crippen molar-refractivity contribution in [1.29, 1.82) is 0 Å². The standard InChI is InChI=1S/C27H27N2/c1-28-25-18-10-8-16-23(25)27-26(28)20-22-15-7-9-17-24(22)29(27)19-11-3-6-14-21-12-4-2-5-13-21/h2,4-5,7-10,12-13,15-18,20H,3,6,11,14,19H2,1H3/q+1. The van der Waals surface area contributed by atoms with Crippen LogP contribution in [0.25, 0.3) is 32.8 Å². The van der Waals surface area contributed by atoms with Crippen molar-refractivity contribution >= 4 is 32.8 Å². The van der Waals surface area contributed by atoms with Crippen LogP contribution in [0.3, 0.4) is 0 Å². The molecule has 5 aromatic rings. The zero-order chi connectivity index (χ0) is 19.6. The van der Waals surface area contributed by atoms with Crippen LogP contribution in [0.4, 0.5) is 0 Å². The van der Waals surface area contributed by atoms with Crippen LogP contribution in [0, 0.1) is 0 Å². The van der Waals surface area contributed by atoms with Gasteiger partial charge in [-0.1, -0.05) is 54.6 Å². The molecule has 2 heteroatoms. The summed E-state index contributed by atoms with van der Waals surface area (Å²) in [5.74, 6) is 0. The number of benzene rings is 3. The first-order chi connectivity index (χ1) is 14.3. The number of aromatic nitrogens is 2. The van der Waals surface area contributed by atoms with Gasteiger partial charge in [0.05, 0.1) is 10.9 Å². The lowest BCUT2D eigenvalue weighted by atomic mass is 10.1. The minimum absolute atomic E-state index is 1.06. The maximum atomic E-state index is 2.55. The van der Waals surface area contributed by atoms with Crippen LogP contribution in [-0.2, 0) is 20.0 Å². The Labute approximate surface area is 172 Å². The quantitative estimate of drug-likeness (QED) is 0.246. The van der Waals surface area contributed by atoms with Crippen molar-refractivity contribution in [2.45, 2.75) is 32.2 Å². The minimum Gasteiger partial charge on any atom is -0.338 e. The van der Waals surface area contributed by atoms with E-state index in [9.17, 15) is 0 Å². The van der Waals surface area contributed by atoms with E-state index in [0.717, 1.165) is 6.54 Å². The molecule has 144 valence electrons.